The molecule has 72 valence electrons. The molecule has 2 aromatic rings. The van der Waals surface area contributed by atoms with Crippen molar-refractivity contribution in [3.8, 4) is 17.1 Å². The van der Waals surface area contributed by atoms with Crippen LogP contribution in [0, 0.1) is 6.92 Å². The molecule has 14 heavy (non-hydrogen) atoms. The van der Waals surface area contributed by atoms with Gasteiger partial charge in [-0.25, -0.2) is 0 Å². The van der Waals surface area contributed by atoms with Gasteiger partial charge in [0.2, 0.25) is 0 Å². The highest BCUT2D eigenvalue weighted by Crippen LogP contribution is 2.27. The molecule has 0 spiro atoms. The maximum atomic E-state index is 5.11. The standard InChI is InChI=1S/C10H10N2OS/c1-7-3-5-8(6-4-7)9-10(13-2)12-14-11-9/h3-6H,1-2H3. The van der Waals surface area contributed by atoms with Crippen LogP contribution in [0.15, 0.2) is 24.3 Å². The normalized spacial score (nSPS) is 10.1. The van der Waals surface area contributed by atoms with E-state index in [1.807, 2.05) is 24.3 Å². The van der Waals surface area contributed by atoms with Crippen molar-refractivity contribution >= 4 is 11.7 Å². The van der Waals surface area contributed by atoms with Gasteiger partial charge in [0.25, 0.3) is 5.88 Å². The molecule has 4 heteroatoms. The number of nitrogens with zero attached hydrogens (tertiary/aromatic N) is 2. The molecule has 3 nitrogen and oxygen atoms in total. The lowest BCUT2D eigenvalue weighted by molar-refractivity contribution is 0.403. The van der Waals surface area contributed by atoms with Crippen LogP contribution in [-0.4, -0.2) is 15.9 Å². The minimum Gasteiger partial charge on any atom is -0.479 e. The Hall–Kier alpha value is -1.42. The molecule has 0 unspecified atom stereocenters. The predicted molar refractivity (Wildman–Crippen MR) is 56.6 cm³/mol. The highest BCUT2D eigenvalue weighted by molar-refractivity contribution is 6.99. The van der Waals surface area contributed by atoms with Gasteiger partial charge >= 0.3 is 0 Å². The number of rotatable bonds is 2. The third-order valence-electron chi connectivity index (χ3n) is 1.98. The smallest absolute Gasteiger partial charge is 0.253 e. The van der Waals surface area contributed by atoms with E-state index in [-0.39, 0.29) is 0 Å². The van der Waals surface area contributed by atoms with Gasteiger partial charge in [-0.2, -0.15) is 4.37 Å². The van der Waals surface area contributed by atoms with Crippen LogP contribution in [0.5, 0.6) is 5.88 Å². The monoisotopic (exact) mass is 206 g/mol. The molecular weight excluding hydrogens is 196 g/mol. The lowest BCUT2D eigenvalue weighted by atomic mass is 10.1. The van der Waals surface area contributed by atoms with Crippen LogP contribution in [0.2, 0.25) is 0 Å². The van der Waals surface area contributed by atoms with Gasteiger partial charge in [-0.3, -0.25) is 0 Å². The van der Waals surface area contributed by atoms with Crippen LogP contribution in [0.4, 0.5) is 0 Å². The average molecular weight is 206 g/mol. The SMILES string of the molecule is COc1nsnc1-c1ccc(C)cc1. The van der Waals surface area contributed by atoms with Crippen molar-refractivity contribution in [1.82, 2.24) is 8.75 Å². The van der Waals surface area contributed by atoms with Crippen LogP contribution in [0.1, 0.15) is 5.56 Å². The molecule has 0 amide bonds. The number of aryl methyl sites for hydroxylation is 1. The van der Waals surface area contributed by atoms with E-state index >= 15 is 0 Å². The molecule has 0 saturated carbocycles. The van der Waals surface area contributed by atoms with Gasteiger partial charge in [0.05, 0.1) is 18.8 Å². The van der Waals surface area contributed by atoms with Crippen LogP contribution < -0.4 is 4.74 Å². The summed E-state index contributed by atoms with van der Waals surface area (Å²) in [6.07, 6.45) is 0. The molecule has 0 saturated heterocycles. The zero-order chi connectivity index (χ0) is 9.97. The summed E-state index contributed by atoms with van der Waals surface area (Å²) in [6, 6.07) is 8.14. The largest absolute Gasteiger partial charge is 0.479 e. The highest BCUT2D eigenvalue weighted by atomic mass is 32.1. The Labute approximate surface area is 86.7 Å². The van der Waals surface area contributed by atoms with Crippen molar-refractivity contribution in [3.63, 3.8) is 0 Å². The van der Waals surface area contributed by atoms with E-state index in [4.69, 9.17) is 4.74 Å². The summed E-state index contributed by atoms with van der Waals surface area (Å²) in [6.45, 7) is 2.06. The van der Waals surface area contributed by atoms with Crippen LogP contribution in [0.3, 0.4) is 0 Å². The van der Waals surface area contributed by atoms with Crippen molar-refractivity contribution in [2.75, 3.05) is 7.11 Å². The molecule has 0 aliphatic rings. The number of aromatic nitrogens is 2. The lowest BCUT2D eigenvalue weighted by Gasteiger charge is -1.99. The van der Waals surface area contributed by atoms with Gasteiger partial charge < -0.3 is 4.74 Å². The number of hydrogen-bond donors (Lipinski definition) is 0. The van der Waals surface area contributed by atoms with Crippen molar-refractivity contribution in [2.45, 2.75) is 6.92 Å². The van der Waals surface area contributed by atoms with Gasteiger partial charge in [-0.05, 0) is 6.92 Å². The van der Waals surface area contributed by atoms with E-state index in [1.54, 1.807) is 7.11 Å². The number of methoxy groups -OCH3 is 1. The molecule has 1 heterocycles. The second kappa shape index (κ2) is 3.75. The molecule has 2 rings (SSSR count). The van der Waals surface area contributed by atoms with Gasteiger partial charge in [-0.1, -0.05) is 29.8 Å². The fourth-order valence-corrected chi connectivity index (χ4v) is 1.74. The molecule has 0 radical (unpaired) electrons. The third-order valence-corrected chi connectivity index (χ3v) is 2.49. The molecule has 0 aliphatic heterocycles. The maximum absolute atomic E-state index is 5.11. The van der Waals surface area contributed by atoms with Gasteiger partial charge in [0.1, 0.15) is 5.69 Å². The first-order chi connectivity index (χ1) is 6.81. The topological polar surface area (TPSA) is 35.0 Å². The Morgan fingerprint density at radius 2 is 1.86 bits per heavy atom. The molecule has 0 N–H and O–H groups in total. The van der Waals surface area contributed by atoms with Crippen molar-refractivity contribution in [1.29, 1.82) is 0 Å². The van der Waals surface area contributed by atoms with Crippen LogP contribution in [0.25, 0.3) is 11.3 Å². The second-order valence-electron chi connectivity index (χ2n) is 2.99. The maximum Gasteiger partial charge on any atom is 0.253 e. The third kappa shape index (κ3) is 1.61. The molecule has 1 aromatic carbocycles. The number of ether oxygens (including phenoxy) is 1. The first-order valence-corrected chi connectivity index (χ1v) is 4.98. The summed E-state index contributed by atoms with van der Waals surface area (Å²) >= 11 is 1.16. The van der Waals surface area contributed by atoms with Crippen molar-refractivity contribution in [3.05, 3.63) is 29.8 Å². The van der Waals surface area contributed by atoms with E-state index < -0.39 is 0 Å². The van der Waals surface area contributed by atoms with E-state index in [2.05, 4.69) is 15.7 Å². The summed E-state index contributed by atoms with van der Waals surface area (Å²) in [7, 11) is 1.61. The first kappa shape index (κ1) is 9.15. The van der Waals surface area contributed by atoms with Gasteiger partial charge in [0, 0.05) is 5.56 Å². The predicted octanol–water partition coefficient (Wildman–Crippen LogP) is 2.52. The molecule has 0 atom stereocenters. The van der Waals surface area contributed by atoms with Gasteiger partial charge in [-0.15, -0.1) is 4.37 Å². The summed E-state index contributed by atoms with van der Waals surface area (Å²) in [5.74, 6) is 0.596. The average Bonchev–Trinajstić information content (AvgIpc) is 2.67. The first-order valence-electron chi connectivity index (χ1n) is 4.25. The molecular formula is C10H10N2OS. The Morgan fingerprint density at radius 3 is 2.50 bits per heavy atom. The van der Waals surface area contributed by atoms with E-state index in [9.17, 15) is 0 Å². The zero-order valence-electron chi connectivity index (χ0n) is 8.02. The Morgan fingerprint density at radius 1 is 1.14 bits per heavy atom. The second-order valence-corrected chi connectivity index (χ2v) is 3.52. The van der Waals surface area contributed by atoms with Crippen LogP contribution in [-0.2, 0) is 0 Å². The minimum absolute atomic E-state index is 0.596. The quantitative estimate of drug-likeness (QED) is 0.757. The summed E-state index contributed by atoms with van der Waals surface area (Å²) < 4.78 is 13.3. The minimum atomic E-state index is 0.596. The van der Waals surface area contributed by atoms with E-state index in [0.717, 1.165) is 23.0 Å². The fraction of sp³-hybridized carbons (Fsp3) is 0.200. The molecule has 0 aliphatic carbocycles. The molecule has 1 aromatic heterocycles. The van der Waals surface area contributed by atoms with E-state index in [0.29, 0.717) is 5.88 Å². The highest BCUT2D eigenvalue weighted by Gasteiger charge is 2.09. The van der Waals surface area contributed by atoms with Gasteiger partial charge in [0.15, 0.2) is 0 Å². The number of hydrogen-bond acceptors (Lipinski definition) is 4. The summed E-state index contributed by atoms with van der Waals surface area (Å²) in [5.41, 5.74) is 3.09. The zero-order valence-corrected chi connectivity index (χ0v) is 8.84. The Bertz CT molecular complexity index is 422. The number of benzene rings is 1. The summed E-state index contributed by atoms with van der Waals surface area (Å²) in [5, 5.41) is 0. The Balaban J connectivity index is 2.44. The molecule has 0 fully saturated rings. The molecule has 0 bridgehead atoms. The lowest BCUT2D eigenvalue weighted by Crippen LogP contribution is -1.86. The van der Waals surface area contributed by atoms with Crippen molar-refractivity contribution < 1.29 is 4.74 Å². The van der Waals surface area contributed by atoms with E-state index in [1.165, 1.54) is 5.56 Å². The van der Waals surface area contributed by atoms with Crippen molar-refractivity contribution in [2.24, 2.45) is 0 Å². The Kier molecular flexibility index (Phi) is 2.45. The summed E-state index contributed by atoms with van der Waals surface area (Å²) in [4.78, 5) is 0. The fourth-order valence-electron chi connectivity index (χ4n) is 1.20. The van der Waals surface area contributed by atoms with Crippen LogP contribution >= 0.6 is 11.7 Å².